The SMILES string of the molecule is CCNC(C)(CCCCSc1ccccc1OC)C(=O)O. The number of nitrogens with one attached hydrogen (secondary N) is 1. The fourth-order valence-electron chi connectivity index (χ4n) is 2.16. The van der Waals surface area contributed by atoms with Crippen LogP contribution in [-0.4, -0.2) is 36.0 Å². The van der Waals surface area contributed by atoms with E-state index in [0.29, 0.717) is 13.0 Å². The third-order valence-corrected chi connectivity index (χ3v) is 4.58. The standard InChI is InChI=1S/C16H25NO3S/c1-4-17-16(2,15(18)19)11-7-8-12-21-14-10-6-5-9-13(14)20-3/h5-6,9-10,17H,4,7-8,11-12H2,1-3H3,(H,18,19). The Hall–Kier alpha value is -1.20. The summed E-state index contributed by atoms with van der Waals surface area (Å²) in [6, 6.07) is 7.95. The summed E-state index contributed by atoms with van der Waals surface area (Å²) < 4.78 is 5.31. The van der Waals surface area contributed by atoms with Crippen molar-refractivity contribution in [3.05, 3.63) is 24.3 Å². The number of ether oxygens (including phenoxy) is 1. The van der Waals surface area contributed by atoms with Gasteiger partial charge in [-0.2, -0.15) is 0 Å². The number of thioether (sulfide) groups is 1. The molecule has 0 fully saturated rings. The fourth-order valence-corrected chi connectivity index (χ4v) is 3.20. The molecule has 0 heterocycles. The number of rotatable bonds is 10. The first-order chi connectivity index (χ1) is 10.0. The molecule has 0 aliphatic carbocycles. The van der Waals surface area contributed by atoms with Crippen molar-refractivity contribution >= 4 is 17.7 Å². The molecule has 1 unspecified atom stereocenters. The number of aliphatic carboxylic acids is 1. The van der Waals surface area contributed by atoms with Crippen LogP contribution in [0, 0.1) is 0 Å². The third kappa shape index (κ3) is 5.59. The number of hydrogen-bond acceptors (Lipinski definition) is 4. The second-order valence-corrected chi connectivity index (χ2v) is 6.26. The van der Waals surface area contributed by atoms with E-state index in [1.54, 1.807) is 25.8 Å². The molecule has 0 aliphatic rings. The number of unbranched alkanes of at least 4 members (excludes halogenated alkanes) is 1. The molecule has 1 aromatic carbocycles. The summed E-state index contributed by atoms with van der Waals surface area (Å²) in [6.45, 7) is 4.35. The van der Waals surface area contributed by atoms with Gasteiger partial charge in [0.2, 0.25) is 0 Å². The monoisotopic (exact) mass is 311 g/mol. The average molecular weight is 311 g/mol. The highest BCUT2D eigenvalue weighted by atomic mass is 32.2. The smallest absolute Gasteiger partial charge is 0.323 e. The van der Waals surface area contributed by atoms with Crippen molar-refractivity contribution in [2.45, 2.75) is 43.5 Å². The van der Waals surface area contributed by atoms with Crippen LogP contribution in [0.4, 0.5) is 0 Å². The Labute approximate surface area is 131 Å². The van der Waals surface area contributed by atoms with Crippen LogP contribution in [0.3, 0.4) is 0 Å². The van der Waals surface area contributed by atoms with Crippen molar-refractivity contribution in [1.29, 1.82) is 0 Å². The molecule has 0 saturated carbocycles. The van der Waals surface area contributed by atoms with Crippen molar-refractivity contribution in [2.24, 2.45) is 0 Å². The molecule has 1 rings (SSSR count). The third-order valence-electron chi connectivity index (χ3n) is 3.44. The Morgan fingerprint density at radius 3 is 2.71 bits per heavy atom. The zero-order valence-corrected chi connectivity index (χ0v) is 13.8. The minimum Gasteiger partial charge on any atom is -0.496 e. The molecule has 0 aromatic heterocycles. The first-order valence-electron chi connectivity index (χ1n) is 7.27. The predicted octanol–water partition coefficient (Wildman–Crippen LogP) is 3.41. The predicted molar refractivity (Wildman–Crippen MR) is 87.3 cm³/mol. The van der Waals surface area contributed by atoms with Gasteiger partial charge in [-0.3, -0.25) is 4.79 Å². The van der Waals surface area contributed by atoms with E-state index in [1.807, 2.05) is 31.2 Å². The Kier molecular flexibility index (Phi) is 7.61. The lowest BCUT2D eigenvalue weighted by Crippen LogP contribution is -2.49. The Morgan fingerprint density at radius 2 is 2.10 bits per heavy atom. The molecule has 0 amide bonds. The molecule has 21 heavy (non-hydrogen) atoms. The molecule has 2 N–H and O–H groups in total. The molecule has 1 aromatic rings. The average Bonchev–Trinajstić information content (AvgIpc) is 2.47. The molecule has 0 bridgehead atoms. The van der Waals surface area contributed by atoms with Crippen molar-refractivity contribution < 1.29 is 14.6 Å². The Morgan fingerprint density at radius 1 is 1.38 bits per heavy atom. The van der Waals surface area contributed by atoms with Gasteiger partial charge in [-0.05, 0) is 44.2 Å². The van der Waals surface area contributed by atoms with E-state index in [-0.39, 0.29) is 0 Å². The maximum atomic E-state index is 11.3. The maximum Gasteiger partial charge on any atom is 0.323 e. The second-order valence-electron chi connectivity index (χ2n) is 5.12. The molecule has 0 radical (unpaired) electrons. The van der Waals surface area contributed by atoms with Crippen LogP contribution in [0.15, 0.2) is 29.2 Å². The normalized spacial score (nSPS) is 13.7. The van der Waals surface area contributed by atoms with Crippen LogP contribution in [0.25, 0.3) is 0 Å². The van der Waals surface area contributed by atoms with Crippen molar-refractivity contribution in [2.75, 3.05) is 19.4 Å². The van der Waals surface area contributed by atoms with Gasteiger partial charge in [-0.1, -0.05) is 25.5 Å². The zero-order chi connectivity index (χ0) is 15.7. The van der Waals surface area contributed by atoms with Gasteiger partial charge in [0.05, 0.1) is 7.11 Å². The van der Waals surface area contributed by atoms with E-state index in [2.05, 4.69) is 5.32 Å². The number of para-hydroxylation sites is 1. The van der Waals surface area contributed by atoms with Gasteiger partial charge >= 0.3 is 5.97 Å². The van der Waals surface area contributed by atoms with E-state index >= 15 is 0 Å². The minimum absolute atomic E-state index is 0.642. The first-order valence-corrected chi connectivity index (χ1v) is 8.26. The summed E-state index contributed by atoms with van der Waals surface area (Å²) in [5.74, 6) is 1.08. The number of methoxy groups -OCH3 is 1. The van der Waals surface area contributed by atoms with Crippen LogP contribution in [0.5, 0.6) is 5.75 Å². The molecule has 118 valence electrons. The topological polar surface area (TPSA) is 58.6 Å². The molecule has 4 nitrogen and oxygen atoms in total. The van der Waals surface area contributed by atoms with E-state index in [4.69, 9.17) is 4.74 Å². The Balaban J connectivity index is 2.35. The zero-order valence-electron chi connectivity index (χ0n) is 13.0. The van der Waals surface area contributed by atoms with Gasteiger partial charge in [0.1, 0.15) is 11.3 Å². The maximum absolute atomic E-state index is 11.3. The summed E-state index contributed by atoms with van der Waals surface area (Å²) in [5, 5.41) is 12.3. The van der Waals surface area contributed by atoms with E-state index in [0.717, 1.165) is 29.2 Å². The first kappa shape index (κ1) is 17.9. The molecule has 0 saturated heterocycles. The summed E-state index contributed by atoms with van der Waals surface area (Å²) in [5.41, 5.74) is -0.816. The molecule has 0 spiro atoms. The van der Waals surface area contributed by atoms with Gasteiger partial charge in [-0.15, -0.1) is 11.8 Å². The number of carbonyl (C=O) groups is 1. The molecule has 0 aliphatic heterocycles. The van der Waals surface area contributed by atoms with Gasteiger partial charge in [0.15, 0.2) is 0 Å². The van der Waals surface area contributed by atoms with Crippen molar-refractivity contribution in [3.8, 4) is 5.75 Å². The van der Waals surface area contributed by atoms with E-state index in [9.17, 15) is 9.90 Å². The van der Waals surface area contributed by atoms with E-state index in [1.165, 1.54) is 0 Å². The van der Waals surface area contributed by atoms with Crippen molar-refractivity contribution in [3.63, 3.8) is 0 Å². The van der Waals surface area contributed by atoms with E-state index < -0.39 is 11.5 Å². The minimum atomic E-state index is -0.816. The van der Waals surface area contributed by atoms with Crippen LogP contribution in [-0.2, 0) is 4.79 Å². The highest BCUT2D eigenvalue weighted by molar-refractivity contribution is 7.99. The van der Waals surface area contributed by atoms with Crippen LogP contribution < -0.4 is 10.1 Å². The Bertz CT molecular complexity index is 453. The van der Waals surface area contributed by atoms with Gasteiger partial charge < -0.3 is 15.2 Å². The lowest BCUT2D eigenvalue weighted by Gasteiger charge is -2.25. The van der Waals surface area contributed by atoms with Crippen LogP contribution in [0.1, 0.15) is 33.1 Å². The van der Waals surface area contributed by atoms with Gasteiger partial charge in [0.25, 0.3) is 0 Å². The summed E-state index contributed by atoms with van der Waals surface area (Å²) in [4.78, 5) is 12.4. The number of likely N-dealkylation sites (N-methyl/N-ethyl adjacent to an activating group) is 1. The molecular formula is C16H25NO3S. The van der Waals surface area contributed by atoms with Crippen LogP contribution in [0.2, 0.25) is 0 Å². The quantitative estimate of drug-likeness (QED) is 0.512. The molecule has 5 heteroatoms. The molecular weight excluding hydrogens is 286 g/mol. The lowest BCUT2D eigenvalue weighted by molar-refractivity contribution is -0.144. The van der Waals surface area contributed by atoms with Gasteiger partial charge in [0, 0.05) is 4.90 Å². The highest BCUT2D eigenvalue weighted by Crippen LogP contribution is 2.29. The van der Waals surface area contributed by atoms with Gasteiger partial charge in [-0.25, -0.2) is 0 Å². The number of hydrogen-bond donors (Lipinski definition) is 2. The summed E-state index contributed by atoms with van der Waals surface area (Å²) >= 11 is 1.75. The largest absolute Gasteiger partial charge is 0.496 e. The lowest BCUT2D eigenvalue weighted by atomic mass is 9.95. The number of benzene rings is 1. The molecule has 1 atom stereocenters. The highest BCUT2D eigenvalue weighted by Gasteiger charge is 2.30. The number of carboxylic acids is 1. The summed E-state index contributed by atoms with van der Waals surface area (Å²) in [6.07, 6.45) is 2.51. The fraction of sp³-hybridized carbons (Fsp3) is 0.562. The summed E-state index contributed by atoms with van der Waals surface area (Å²) in [7, 11) is 1.67. The van der Waals surface area contributed by atoms with Crippen LogP contribution >= 0.6 is 11.8 Å². The van der Waals surface area contributed by atoms with Crippen molar-refractivity contribution in [1.82, 2.24) is 5.32 Å². The second kappa shape index (κ2) is 8.95. The number of carboxylic acid groups (broad SMARTS) is 1.